The van der Waals surface area contributed by atoms with Crippen LogP contribution in [0.5, 0.6) is 0 Å². The second kappa shape index (κ2) is 3.50. The molecule has 0 amide bonds. The maximum Gasteiger partial charge on any atom is 0.381 e. The summed E-state index contributed by atoms with van der Waals surface area (Å²) in [5.74, 6) is -18.7. The van der Waals surface area contributed by atoms with Crippen LogP contribution >= 0.6 is 0 Å². The normalized spacial score (nSPS) is 15.0. The molecule has 0 aliphatic carbocycles. The average molecular weight is 233 g/mol. The molecule has 0 fully saturated rings. The van der Waals surface area contributed by atoms with Crippen molar-refractivity contribution in [1.82, 2.24) is 0 Å². The fourth-order valence-corrected chi connectivity index (χ4v) is 0.428. The first-order chi connectivity index (χ1) is 6.00. The fraction of sp³-hybridized carbons (Fsp3) is 0.800. The summed E-state index contributed by atoms with van der Waals surface area (Å²) < 4.78 is 105. The second-order valence-corrected chi connectivity index (χ2v) is 2.23. The molecule has 0 rings (SSSR count). The minimum absolute atomic E-state index is 2.05. The van der Waals surface area contributed by atoms with E-state index in [9.17, 15) is 39.5 Å². The fourth-order valence-electron chi connectivity index (χ4n) is 0.428. The molecule has 0 aliphatic rings. The molecule has 0 aromatic carbocycles. The Kier molecular flexibility index (Phi) is 3.34. The molecule has 0 unspecified atom stereocenters. The Labute approximate surface area is 71.7 Å². The number of alkyl halides is 8. The van der Waals surface area contributed by atoms with E-state index in [-0.39, 0.29) is 0 Å². The first kappa shape index (κ1) is 13.4. The number of rotatable bonds is 4. The van der Waals surface area contributed by atoms with Gasteiger partial charge in [0.15, 0.2) is 0 Å². The van der Waals surface area contributed by atoms with Gasteiger partial charge in [0, 0.05) is 0 Å². The van der Waals surface area contributed by atoms with Gasteiger partial charge in [-0.25, -0.2) is 13.2 Å². The summed E-state index contributed by atoms with van der Waals surface area (Å²) in [5, 5.41) is 0. The molecule has 1 radical (unpaired) electrons. The molecule has 0 atom stereocenters. The van der Waals surface area contributed by atoms with Gasteiger partial charge in [0.1, 0.15) is 0 Å². The smallest absolute Gasteiger partial charge is 0.237 e. The van der Waals surface area contributed by atoms with Crippen LogP contribution in [0.1, 0.15) is 0 Å². The van der Waals surface area contributed by atoms with Gasteiger partial charge in [0.2, 0.25) is 6.67 Å². The van der Waals surface area contributed by atoms with Crippen molar-refractivity contribution in [3.05, 3.63) is 6.67 Å². The summed E-state index contributed by atoms with van der Waals surface area (Å²) in [4.78, 5) is 0. The molecule has 0 N–H and O–H groups in total. The highest BCUT2D eigenvalue weighted by Gasteiger charge is 2.75. The van der Waals surface area contributed by atoms with Crippen molar-refractivity contribution >= 4 is 0 Å². The van der Waals surface area contributed by atoms with Crippen LogP contribution in [0.4, 0.5) is 39.5 Å². The summed E-state index contributed by atoms with van der Waals surface area (Å²) in [6.07, 6.45) is -5.02. The van der Waals surface area contributed by atoms with Crippen LogP contribution in [0.2, 0.25) is 0 Å². The molecule has 0 spiro atoms. The summed E-state index contributed by atoms with van der Waals surface area (Å²) in [6.45, 7) is -2.05. The van der Waals surface area contributed by atoms with E-state index in [1.54, 1.807) is 0 Å². The average Bonchev–Trinajstić information content (AvgIpc) is 2.03. The van der Waals surface area contributed by atoms with Crippen LogP contribution in [-0.4, -0.2) is 24.2 Å². The van der Waals surface area contributed by atoms with Gasteiger partial charge in [-0.2, -0.15) is 26.3 Å². The third-order valence-electron chi connectivity index (χ3n) is 1.25. The molecule has 0 saturated carbocycles. The Morgan fingerprint density at radius 2 is 1.21 bits per heavy atom. The number of hydrogen-bond acceptors (Lipinski definition) is 0. The Bertz CT molecular complexity index is 195. The topological polar surface area (TPSA) is 0 Å². The van der Waals surface area contributed by atoms with E-state index in [2.05, 4.69) is 0 Å². The number of halogens is 9. The zero-order chi connectivity index (χ0) is 11.8. The predicted molar refractivity (Wildman–Crippen MR) is 26.3 cm³/mol. The lowest BCUT2D eigenvalue weighted by Crippen LogP contribution is -2.57. The molecule has 0 aliphatic heterocycles. The van der Waals surface area contributed by atoms with Crippen LogP contribution in [0.3, 0.4) is 0 Å². The summed E-state index contributed by atoms with van der Waals surface area (Å²) in [6, 6.07) is 0. The van der Waals surface area contributed by atoms with Crippen LogP contribution in [0.25, 0.3) is 0 Å². The van der Waals surface area contributed by atoms with Gasteiger partial charge >= 0.3 is 24.2 Å². The van der Waals surface area contributed by atoms with E-state index >= 15 is 0 Å². The van der Waals surface area contributed by atoms with Crippen molar-refractivity contribution < 1.29 is 39.5 Å². The van der Waals surface area contributed by atoms with E-state index in [0.29, 0.717) is 0 Å². The van der Waals surface area contributed by atoms with E-state index < -0.39 is 30.9 Å². The molecule has 85 valence electrons. The van der Waals surface area contributed by atoms with Crippen molar-refractivity contribution in [2.45, 2.75) is 24.2 Å². The monoisotopic (exact) mass is 233 g/mol. The SMILES string of the molecule is F[CH]C(F)(F)C(F)(F)C(F)(F)C(F)F. The highest BCUT2D eigenvalue weighted by molar-refractivity contribution is 5.01. The van der Waals surface area contributed by atoms with Gasteiger partial charge in [-0.3, -0.25) is 0 Å². The van der Waals surface area contributed by atoms with Gasteiger partial charge in [-0.05, 0) is 0 Å². The maximum atomic E-state index is 12.0. The molecule has 0 aromatic heterocycles. The maximum absolute atomic E-state index is 12.0. The first-order valence-corrected chi connectivity index (χ1v) is 2.87. The van der Waals surface area contributed by atoms with Gasteiger partial charge in [0.25, 0.3) is 0 Å². The Balaban J connectivity index is 5.14. The molecule has 0 heterocycles. The third kappa shape index (κ3) is 1.76. The summed E-state index contributed by atoms with van der Waals surface area (Å²) in [5.41, 5.74) is 0. The second-order valence-electron chi connectivity index (χ2n) is 2.23. The molecule has 0 saturated heterocycles. The summed E-state index contributed by atoms with van der Waals surface area (Å²) in [7, 11) is 0. The van der Waals surface area contributed by atoms with Crippen molar-refractivity contribution in [3.63, 3.8) is 0 Å². The largest absolute Gasteiger partial charge is 0.381 e. The predicted octanol–water partition coefficient (Wildman–Crippen LogP) is 3.29. The van der Waals surface area contributed by atoms with Crippen LogP contribution in [0.15, 0.2) is 0 Å². The van der Waals surface area contributed by atoms with Crippen LogP contribution in [-0.2, 0) is 0 Å². The Morgan fingerprint density at radius 3 is 1.43 bits per heavy atom. The van der Waals surface area contributed by atoms with Crippen molar-refractivity contribution in [2.24, 2.45) is 0 Å². The van der Waals surface area contributed by atoms with E-state index in [1.165, 1.54) is 0 Å². The van der Waals surface area contributed by atoms with E-state index in [4.69, 9.17) is 0 Å². The van der Waals surface area contributed by atoms with E-state index in [1.807, 2.05) is 0 Å². The molecular weight excluding hydrogens is 231 g/mol. The van der Waals surface area contributed by atoms with Gasteiger partial charge in [-0.1, -0.05) is 0 Å². The van der Waals surface area contributed by atoms with Crippen LogP contribution in [0, 0.1) is 6.67 Å². The zero-order valence-electron chi connectivity index (χ0n) is 6.06. The lowest BCUT2D eigenvalue weighted by atomic mass is 10.1. The van der Waals surface area contributed by atoms with Crippen LogP contribution < -0.4 is 0 Å². The number of hydrogen-bond donors (Lipinski definition) is 0. The van der Waals surface area contributed by atoms with Crippen molar-refractivity contribution in [2.75, 3.05) is 0 Å². The Hall–Kier alpha value is -0.630. The minimum Gasteiger partial charge on any atom is -0.237 e. The van der Waals surface area contributed by atoms with Gasteiger partial charge in [-0.15, -0.1) is 0 Å². The molecule has 0 aromatic rings. The first-order valence-electron chi connectivity index (χ1n) is 2.87. The molecule has 0 nitrogen and oxygen atoms in total. The van der Waals surface area contributed by atoms with E-state index in [0.717, 1.165) is 0 Å². The highest BCUT2D eigenvalue weighted by Crippen LogP contribution is 2.49. The lowest BCUT2D eigenvalue weighted by molar-refractivity contribution is -0.332. The summed E-state index contributed by atoms with van der Waals surface area (Å²) >= 11 is 0. The molecule has 14 heavy (non-hydrogen) atoms. The van der Waals surface area contributed by atoms with Gasteiger partial charge in [0.05, 0.1) is 0 Å². The standard InChI is InChI=1S/C5H2F9/c6-1-3(9,10)5(13,14)4(11,12)2(7)8/h1-2H. The lowest BCUT2D eigenvalue weighted by Gasteiger charge is -2.30. The molecule has 0 bridgehead atoms. The highest BCUT2D eigenvalue weighted by atomic mass is 19.4. The Morgan fingerprint density at radius 1 is 0.857 bits per heavy atom. The minimum atomic E-state index is -6.48. The quantitative estimate of drug-likeness (QED) is 0.653. The zero-order valence-corrected chi connectivity index (χ0v) is 6.06. The van der Waals surface area contributed by atoms with Crippen molar-refractivity contribution in [1.29, 1.82) is 0 Å². The third-order valence-corrected chi connectivity index (χ3v) is 1.25. The van der Waals surface area contributed by atoms with Gasteiger partial charge < -0.3 is 0 Å². The molecule has 9 heteroatoms. The van der Waals surface area contributed by atoms with Crippen molar-refractivity contribution in [3.8, 4) is 0 Å². The molecular formula is C5H2F9.